The maximum atomic E-state index is 14.2. The summed E-state index contributed by atoms with van der Waals surface area (Å²) in [6.45, 7) is 1.84. The second-order valence-corrected chi connectivity index (χ2v) is 5.23. The molecule has 5 heteroatoms. The number of nitrogens with zero attached hydrogens (tertiary/aromatic N) is 1. The molecule has 0 aliphatic heterocycles. The van der Waals surface area contributed by atoms with E-state index in [9.17, 15) is 4.39 Å². The van der Waals surface area contributed by atoms with Gasteiger partial charge in [0.15, 0.2) is 5.82 Å². The Labute approximate surface area is 126 Å². The molecule has 3 N–H and O–H groups in total. The first kappa shape index (κ1) is 13.6. The summed E-state index contributed by atoms with van der Waals surface area (Å²) >= 11 is 6.22. The van der Waals surface area contributed by atoms with Gasteiger partial charge < -0.3 is 5.73 Å². The number of nitrogens with one attached hydrogen (secondary N) is 1. The number of aromatic nitrogens is 2. The van der Waals surface area contributed by atoms with E-state index in [4.69, 9.17) is 17.3 Å². The van der Waals surface area contributed by atoms with E-state index in [1.54, 1.807) is 12.1 Å². The van der Waals surface area contributed by atoms with Gasteiger partial charge in [0.1, 0.15) is 5.82 Å². The summed E-state index contributed by atoms with van der Waals surface area (Å²) in [4.78, 5) is 0. The van der Waals surface area contributed by atoms with Crippen LogP contribution in [0.25, 0.3) is 22.4 Å². The molecule has 0 atom stereocenters. The average molecular weight is 302 g/mol. The van der Waals surface area contributed by atoms with E-state index < -0.39 is 0 Å². The largest absolute Gasteiger partial charge is 0.382 e. The molecule has 0 fully saturated rings. The van der Waals surface area contributed by atoms with Crippen molar-refractivity contribution in [1.82, 2.24) is 10.2 Å². The van der Waals surface area contributed by atoms with Crippen LogP contribution in [-0.2, 0) is 0 Å². The number of halogens is 2. The van der Waals surface area contributed by atoms with Crippen molar-refractivity contribution in [1.29, 1.82) is 0 Å². The minimum absolute atomic E-state index is 0.290. The van der Waals surface area contributed by atoms with E-state index in [0.717, 1.165) is 11.1 Å². The van der Waals surface area contributed by atoms with Gasteiger partial charge in [-0.05, 0) is 30.7 Å². The van der Waals surface area contributed by atoms with Crippen LogP contribution in [-0.4, -0.2) is 10.2 Å². The maximum absolute atomic E-state index is 14.2. The summed E-state index contributed by atoms with van der Waals surface area (Å²) in [6.07, 6.45) is 0. The SMILES string of the molecule is Cc1ccc(-c2[nH]nc(N)c2-c2ccccc2Cl)c(F)c1. The first-order chi connectivity index (χ1) is 10.1. The van der Waals surface area contributed by atoms with E-state index in [1.165, 1.54) is 6.07 Å². The fourth-order valence-electron chi connectivity index (χ4n) is 2.31. The molecule has 3 rings (SSSR count). The topological polar surface area (TPSA) is 54.7 Å². The molecular formula is C16H13ClFN3. The number of nitrogens with two attached hydrogens (primary N) is 1. The minimum atomic E-state index is -0.327. The highest BCUT2D eigenvalue weighted by Crippen LogP contribution is 2.39. The van der Waals surface area contributed by atoms with Crippen molar-refractivity contribution >= 4 is 17.4 Å². The monoisotopic (exact) mass is 301 g/mol. The Morgan fingerprint density at radius 2 is 1.90 bits per heavy atom. The van der Waals surface area contributed by atoms with E-state index >= 15 is 0 Å². The number of hydrogen-bond acceptors (Lipinski definition) is 2. The van der Waals surface area contributed by atoms with Crippen LogP contribution >= 0.6 is 11.6 Å². The fourth-order valence-corrected chi connectivity index (χ4v) is 2.54. The number of aryl methyl sites for hydroxylation is 1. The normalized spacial score (nSPS) is 10.8. The molecule has 1 heterocycles. The lowest BCUT2D eigenvalue weighted by Gasteiger charge is -2.08. The summed E-state index contributed by atoms with van der Waals surface area (Å²) in [5.41, 5.74) is 9.07. The van der Waals surface area contributed by atoms with Gasteiger partial charge >= 0.3 is 0 Å². The highest BCUT2D eigenvalue weighted by atomic mass is 35.5. The molecule has 3 nitrogen and oxygen atoms in total. The second-order valence-electron chi connectivity index (χ2n) is 4.82. The van der Waals surface area contributed by atoms with E-state index in [-0.39, 0.29) is 11.6 Å². The highest BCUT2D eigenvalue weighted by Gasteiger charge is 2.19. The Hall–Kier alpha value is -2.33. The van der Waals surface area contributed by atoms with Crippen molar-refractivity contribution in [2.45, 2.75) is 6.92 Å². The number of anilines is 1. The molecule has 0 aliphatic carbocycles. The summed E-state index contributed by atoms with van der Waals surface area (Å²) < 4.78 is 14.2. The molecule has 0 amide bonds. The van der Waals surface area contributed by atoms with Crippen LogP contribution in [0.1, 0.15) is 5.56 Å². The first-order valence-corrected chi connectivity index (χ1v) is 6.81. The van der Waals surface area contributed by atoms with Crippen LogP contribution in [0, 0.1) is 12.7 Å². The van der Waals surface area contributed by atoms with Crippen LogP contribution in [0.2, 0.25) is 5.02 Å². The molecule has 0 aliphatic rings. The fraction of sp³-hybridized carbons (Fsp3) is 0.0625. The van der Waals surface area contributed by atoms with Crippen LogP contribution < -0.4 is 5.73 Å². The lowest BCUT2D eigenvalue weighted by atomic mass is 9.99. The predicted molar refractivity (Wildman–Crippen MR) is 83.6 cm³/mol. The van der Waals surface area contributed by atoms with Gasteiger partial charge in [-0.15, -0.1) is 0 Å². The molecule has 21 heavy (non-hydrogen) atoms. The van der Waals surface area contributed by atoms with Crippen molar-refractivity contribution in [3.05, 3.63) is 58.9 Å². The standard InChI is InChI=1S/C16H13ClFN3/c1-9-6-7-11(13(18)8-9)15-14(16(19)21-20-15)10-4-2-3-5-12(10)17/h2-8H,1H3,(H3,19,20,21). The Kier molecular flexibility index (Phi) is 3.39. The minimum Gasteiger partial charge on any atom is -0.382 e. The molecule has 0 saturated carbocycles. The van der Waals surface area contributed by atoms with Crippen molar-refractivity contribution in [2.75, 3.05) is 5.73 Å². The third-order valence-electron chi connectivity index (χ3n) is 3.33. The lowest BCUT2D eigenvalue weighted by molar-refractivity contribution is 0.629. The number of benzene rings is 2. The van der Waals surface area contributed by atoms with E-state index in [1.807, 2.05) is 31.2 Å². The van der Waals surface area contributed by atoms with Crippen molar-refractivity contribution in [3.8, 4) is 22.4 Å². The third-order valence-corrected chi connectivity index (χ3v) is 3.66. The third kappa shape index (κ3) is 2.38. The highest BCUT2D eigenvalue weighted by molar-refractivity contribution is 6.33. The van der Waals surface area contributed by atoms with Gasteiger partial charge in [-0.2, -0.15) is 5.10 Å². The van der Waals surface area contributed by atoms with Gasteiger partial charge in [0.2, 0.25) is 0 Å². The molecule has 1 aromatic heterocycles. The summed E-state index contributed by atoms with van der Waals surface area (Å²) in [7, 11) is 0. The van der Waals surface area contributed by atoms with Crippen molar-refractivity contribution < 1.29 is 4.39 Å². The smallest absolute Gasteiger partial charge is 0.153 e. The Balaban J connectivity index is 2.25. The molecule has 0 bridgehead atoms. The molecule has 0 unspecified atom stereocenters. The number of rotatable bonds is 2. The second kappa shape index (κ2) is 5.22. The zero-order valence-corrected chi connectivity index (χ0v) is 12.1. The molecule has 3 aromatic rings. The van der Waals surface area contributed by atoms with Crippen molar-refractivity contribution in [3.63, 3.8) is 0 Å². The van der Waals surface area contributed by atoms with Crippen LogP contribution in [0.15, 0.2) is 42.5 Å². The summed E-state index contributed by atoms with van der Waals surface area (Å²) in [6, 6.07) is 12.3. The zero-order valence-electron chi connectivity index (χ0n) is 11.3. The van der Waals surface area contributed by atoms with Crippen LogP contribution in [0.3, 0.4) is 0 Å². The number of hydrogen-bond donors (Lipinski definition) is 2. The van der Waals surface area contributed by atoms with Crippen LogP contribution in [0.5, 0.6) is 0 Å². The Bertz CT molecular complexity index is 811. The van der Waals surface area contributed by atoms with Crippen LogP contribution in [0.4, 0.5) is 10.2 Å². The van der Waals surface area contributed by atoms with E-state index in [2.05, 4.69) is 10.2 Å². The predicted octanol–water partition coefficient (Wildman–Crippen LogP) is 4.43. The number of aromatic amines is 1. The van der Waals surface area contributed by atoms with Gasteiger partial charge in [-0.25, -0.2) is 4.39 Å². The van der Waals surface area contributed by atoms with Gasteiger partial charge in [-0.1, -0.05) is 35.9 Å². The quantitative estimate of drug-likeness (QED) is 0.736. The Morgan fingerprint density at radius 3 is 2.62 bits per heavy atom. The molecule has 0 saturated heterocycles. The molecule has 106 valence electrons. The number of nitrogen functional groups attached to an aromatic ring is 1. The summed E-state index contributed by atoms with van der Waals surface area (Å²) in [5, 5.41) is 7.35. The van der Waals surface area contributed by atoms with E-state index in [0.29, 0.717) is 21.8 Å². The average Bonchev–Trinajstić information content (AvgIpc) is 2.81. The Morgan fingerprint density at radius 1 is 1.14 bits per heavy atom. The van der Waals surface area contributed by atoms with Gasteiger partial charge in [0.25, 0.3) is 0 Å². The maximum Gasteiger partial charge on any atom is 0.153 e. The first-order valence-electron chi connectivity index (χ1n) is 6.43. The van der Waals surface area contributed by atoms with Gasteiger partial charge in [-0.3, -0.25) is 5.10 Å². The van der Waals surface area contributed by atoms with Gasteiger partial charge in [0, 0.05) is 16.1 Å². The lowest BCUT2D eigenvalue weighted by Crippen LogP contribution is -1.91. The summed E-state index contributed by atoms with van der Waals surface area (Å²) in [5.74, 6) is -0.0370. The molecule has 2 aromatic carbocycles. The molecular weight excluding hydrogens is 289 g/mol. The molecule has 0 spiro atoms. The molecule has 0 radical (unpaired) electrons. The van der Waals surface area contributed by atoms with Gasteiger partial charge in [0.05, 0.1) is 11.3 Å². The number of H-pyrrole nitrogens is 1. The van der Waals surface area contributed by atoms with Crippen molar-refractivity contribution in [2.24, 2.45) is 0 Å². The zero-order chi connectivity index (χ0) is 15.0.